The molecule has 2 rings (SSSR count). The van der Waals surface area contributed by atoms with E-state index in [-0.39, 0.29) is 18.0 Å². The first kappa shape index (κ1) is 14.5. The zero-order valence-electron chi connectivity index (χ0n) is 11.3. The number of carbonyl (C=O) groups excluding carboxylic acids is 1. The first-order chi connectivity index (χ1) is 9.11. The maximum atomic E-state index is 12.2. The van der Waals surface area contributed by atoms with Gasteiger partial charge in [0, 0.05) is 24.4 Å². The van der Waals surface area contributed by atoms with Crippen molar-refractivity contribution in [3.63, 3.8) is 0 Å². The Morgan fingerprint density at radius 1 is 1.21 bits per heavy atom. The molecule has 0 bridgehead atoms. The number of nitrogens with zero attached hydrogens (tertiary/aromatic N) is 1. The second kappa shape index (κ2) is 6.50. The lowest BCUT2D eigenvalue weighted by atomic mass is 9.97. The number of hydrogen-bond donors (Lipinski definition) is 2. The molecule has 108 valence electrons. The van der Waals surface area contributed by atoms with Crippen LogP contribution in [0.2, 0.25) is 0 Å². The van der Waals surface area contributed by atoms with Crippen molar-refractivity contribution >= 4 is 23.8 Å². The van der Waals surface area contributed by atoms with Gasteiger partial charge in [0.15, 0.2) is 0 Å². The lowest BCUT2D eigenvalue weighted by Gasteiger charge is -2.32. The van der Waals surface area contributed by atoms with Crippen LogP contribution in [0.5, 0.6) is 0 Å². The van der Waals surface area contributed by atoms with Gasteiger partial charge in [0.05, 0.1) is 5.92 Å². The summed E-state index contributed by atoms with van der Waals surface area (Å²) in [5.41, 5.74) is 0. The lowest BCUT2D eigenvalue weighted by Crippen LogP contribution is -2.49. The van der Waals surface area contributed by atoms with E-state index < -0.39 is 5.97 Å². The number of nitrogens with one attached hydrogen (secondary N) is 1. The summed E-state index contributed by atoms with van der Waals surface area (Å²) in [4.78, 5) is 24.8. The second-order valence-electron chi connectivity index (χ2n) is 5.36. The molecule has 0 aromatic carbocycles. The summed E-state index contributed by atoms with van der Waals surface area (Å²) in [6, 6.07) is 0.259. The predicted molar refractivity (Wildman–Crippen MR) is 75.4 cm³/mol. The molecule has 2 N–H and O–H groups in total. The molecule has 0 aromatic heterocycles. The molecular formula is C13H22N2O3S. The Kier molecular flexibility index (Phi) is 4.96. The molecule has 5 nitrogen and oxygen atoms in total. The van der Waals surface area contributed by atoms with E-state index in [4.69, 9.17) is 5.11 Å². The molecule has 2 fully saturated rings. The van der Waals surface area contributed by atoms with Gasteiger partial charge in [-0.2, -0.15) is 11.8 Å². The highest BCUT2D eigenvalue weighted by molar-refractivity contribution is 7.99. The van der Waals surface area contributed by atoms with Crippen LogP contribution in [-0.4, -0.2) is 52.6 Å². The maximum Gasteiger partial charge on any atom is 0.317 e. The van der Waals surface area contributed by atoms with Gasteiger partial charge in [-0.25, -0.2) is 4.79 Å². The number of piperidine rings is 1. The van der Waals surface area contributed by atoms with E-state index in [1.807, 2.05) is 11.8 Å². The van der Waals surface area contributed by atoms with Crippen LogP contribution in [0.3, 0.4) is 0 Å². The van der Waals surface area contributed by atoms with E-state index in [0.29, 0.717) is 31.2 Å². The van der Waals surface area contributed by atoms with Crippen molar-refractivity contribution < 1.29 is 14.7 Å². The molecule has 1 heterocycles. The van der Waals surface area contributed by atoms with Crippen LogP contribution in [0.4, 0.5) is 4.79 Å². The van der Waals surface area contributed by atoms with Crippen molar-refractivity contribution in [2.24, 2.45) is 5.92 Å². The highest BCUT2D eigenvalue weighted by Gasteiger charge is 2.31. The Hall–Kier alpha value is -0.910. The van der Waals surface area contributed by atoms with Gasteiger partial charge in [0.2, 0.25) is 0 Å². The van der Waals surface area contributed by atoms with E-state index in [9.17, 15) is 9.59 Å². The van der Waals surface area contributed by atoms with E-state index in [2.05, 4.69) is 11.6 Å². The topological polar surface area (TPSA) is 69.6 Å². The molecule has 0 radical (unpaired) electrons. The summed E-state index contributed by atoms with van der Waals surface area (Å²) < 4.78 is 0. The minimum atomic E-state index is -0.738. The average Bonchev–Trinajstić information content (AvgIpc) is 2.86. The Balaban J connectivity index is 1.80. The van der Waals surface area contributed by atoms with Gasteiger partial charge < -0.3 is 15.3 Å². The van der Waals surface area contributed by atoms with Gasteiger partial charge in [-0.15, -0.1) is 0 Å². The van der Waals surface area contributed by atoms with Crippen molar-refractivity contribution in [2.75, 3.05) is 19.3 Å². The van der Waals surface area contributed by atoms with Crippen molar-refractivity contribution in [1.29, 1.82) is 0 Å². The van der Waals surface area contributed by atoms with Crippen LogP contribution in [0.1, 0.15) is 32.1 Å². The van der Waals surface area contributed by atoms with Gasteiger partial charge in [-0.3, -0.25) is 4.79 Å². The Labute approximate surface area is 118 Å². The number of amides is 2. The smallest absolute Gasteiger partial charge is 0.317 e. The molecule has 1 aliphatic carbocycles. The average molecular weight is 286 g/mol. The van der Waals surface area contributed by atoms with E-state index in [1.54, 1.807) is 4.90 Å². The molecule has 2 aliphatic rings. The number of rotatable bonds is 3. The second-order valence-corrected chi connectivity index (χ2v) is 6.44. The molecule has 1 aliphatic heterocycles. The normalized spacial score (nSPS) is 28.4. The van der Waals surface area contributed by atoms with Crippen LogP contribution in [0.15, 0.2) is 0 Å². The van der Waals surface area contributed by atoms with E-state index in [1.165, 1.54) is 12.8 Å². The molecule has 2 atom stereocenters. The minimum Gasteiger partial charge on any atom is -0.481 e. The van der Waals surface area contributed by atoms with Crippen LogP contribution < -0.4 is 5.32 Å². The van der Waals surface area contributed by atoms with Crippen LogP contribution in [-0.2, 0) is 4.79 Å². The first-order valence-corrected chi connectivity index (χ1v) is 8.21. The fourth-order valence-corrected chi connectivity index (χ4v) is 3.89. The Morgan fingerprint density at radius 3 is 2.47 bits per heavy atom. The van der Waals surface area contributed by atoms with Crippen LogP contribution in [0.25, 0.3) is 0 Å². The maximum absolute atomic E-state index is 12.2. The molecule has 6 heteroatoms. The molecule has 1 saturated carbocycles. The molecular weight excluding hydrogens is 264 g/mol. The molecule has 19 heavy (non-hydrogen) atoms. The van der Waals surface area contributed by atoms with Gasteiger partial charge in [-0.1, -0.05) is 6.42 Å². The van der Waals surface area contributed by atoms with Crippen molar-refractivity contribution in [2.45, 2.75) is 43.4 Å². The number of hydrogen-bond acceptors (Lipinski definition) is 3. The lowest BCUT2D eigenvalue weighted by molar-refractivity contribution is -0.143. The summed E-state index contributed by atoms with van der Waals surface area (Å²) in [6.07, 6.45) is 6.64. The summed E-state index contributed by atoms with van der Waals surface area (Å²) >= 11 is 1.82. The summed E-state index contributed by atoms with van der Waals surface area (Å²) in [5.74, 6) is -1.02. The van der Waals surface area contributed by atoms with Gasteiger partial charge in [0.25, 0.3) is 0 Å². The van der Waals surface area contributed by atoms with Crippen molar-refractivity contribution in [3.05, 3.63) is 0 Å². The third-order valence-corrected chi connectivity index (χ3v) is 5.37. The molecule has 0 aromatic rings. The predicted octanol–water partition coefficient (Wildman–Crippen LogP) is 1.78. The number of carboxylic acids is 1. The Morgan fingerprint density at radius 2 is 1.89 bits per heavy atom. The fraction of sp³-hybridized carbons (Fsp3) is 0.846. The van der Waals surface area contributed by atoms with Gasteiger partial charge >= 0.3 is 12.0 Å². The first-order valence-electron chi connectivity index (χ1n) is 6.93. The number of carbonyl (C=O) groups is 2. The van der Waals surface area contributed by atoms with Crippen molar-refractivity contribution in [3.8, 4) is 0 Å². The summed E-state index contributed by atoms with van der Waals surface area (Å²) in [6.45, 7) is 1.11. The van der Waals surface area contributed by atoms with E-state index >= 15 is 0 Å². The fourth-order valence-electron chi connectivity index (χ4n) is 2.95. The number of aliphatic carboxylic acids is 1. The standard InChI is InChI=1S/C13H22N2O3S/c1-19-11-4-2-3-10(11)14-13(18)15-7-5-9(6-8-15)12(16)17/h9-11H,2-8H2,1H3,(H,14,18)(H,16,17). The summed E-state index contributed by atoms with van der Waals surface area (Å²) in [7, 11) is 0. The quantitative estimate of drug-likeness (QED) is 0.829. The van der Waals surface area contributed by atoms with Crippen molar-refractivity contribution in [1.82, 2.24) is 10.2 Å². The zero-order valence-corrected chi connectivity index (χ0v) is 12.1. The SMILES string of the molecule is CSC1CCCC1NC(=O)N1CCC(C(=O)O)CC1. The van der Waals surface area contributed by atoms with Gasteiger partial charge in [-0.05, 0) is 31.9 Å². The molecule has 0 spiro atoms. The monoisotopic (exact) mass is 286 g/mol. The van der Waals surface area contributed by atoms with Gasteiger partial charge in [0.1, 0.15) is 0 Å². The highest BCUT2D eigenvalue weighted by Crippen LogP contribution is 2.28. The molecule has 2 amide bonds. The van der Waals surface area contributed by atoms with Crippen LogP contribution >= 0.6 is 11.8 Å². The molecule has 1 saturated heterocycles. The number of urea groups is 1. The van der Waals surface area contributed by atoms with Crippen LogP contribution in [0, 0.1) is 5.92 Å². The van der Waals surface area contributed by atoms with E-state index in [0.717, 1.165) is 6.42 Å². The highest BCUT2D eigenvalue weighted by atomic mass is 32.2. The summed E-state index contributed by atoms with van der Waals surface area (Å²) in [5, 5.41) is 12.6. The number of thioether (sulfide) groups is 1. The Bertz CT molecular complexity index is 343. The largest absolute Gasteiger partial charge is 0.481 e. The third kappa shape index (κ3) is 3.55. The molecule has 2 unspecified atom stereocenters. The zero-order chi connectivity index (χ0) is 13.8. The number of carboxylic acid groups (broad SMARTS) is 1. The number of likely N-dealkylation sites (tertiary alicyclic amines) is 1. The minimum absolute atomic E-state index is 0.0187. The third-order valence-electron chi connectivity index (χ3n) is 4.20.